The number of carbonyl (C=O) groups is 3. The number of anilines is 1. The molecule has 0 saturated carbocycles. The van der Waals surface area contributed by atoms with Gasteiger partial charge in [0, 0.05) is 23.6 Å². The molecule has 0 saturated heterocycles. The summed E-state index contributed by atoms with van der Waals surface area (Å²) < 4.78 is 56.0. The third kappa shape index (κ3) is 6.19. The van der Waals surface area contributed by atoms with E-state index in [2.05, 4.69) is 10.6 Å². The van der Waals surface area contributed by atoms with Crippen LogP contribution in [0.15, 0.2) is 78.9 Å². The number of halogens is 4. The lowest BCUT2D eigenvalue weighted by molar-refractivity contribution is -0.137. The lowest BCUT2D eigenvalue weighted by atomic mass is 9.80. The van der Waals surface area contributed by atoms with Crippen molar-refractivity contribution >= 4 is 23.5 Å². The Morgan fingerprint density at radius 2 is 1.74 bits per heavy atom. The summed E-state index contributed by atoms with van der Waals surface area (Å²) in [5, 5.41) is 19.3. The number of hydrogen-bond acceptors (Lipinski definition) is 5. The molecule has 1 aliphatic rings. The maximum absolute atomic E-state index is 14.3. The van der Waals surface area contributed by atoms with Crippen molar-refractivity contribution in [3.8, 4) is 11.8 Å². The van der Waals surface area contributed by atoms with Crippen molar-refractivity contribution in [3.63, 3.8) is 0 Å². The second-order valence-electron chi connectivity index (χ2n) is 10.6. The quantitative estimate of drug-likeness (QED) is 0.262. The number of carbonyl (C=O) groups excluding carboxylic acids is 3. The SMILES string of the molecule is CCN1C(=O)[C@@H](NC(=O)c2cccc(C(F)(F)F)c2)[C@H](c2ccc(F)cc2)c2c(CNC(=O)C(C)C#N)nn(-c3ccccc3)c21. The van der Waals surface area contributed by atoms with Crippen LogP contribution in [0.2, 0.25) is 0 Å². The molecule has 0 fully saturated rings. The van der Waals surface area contributed by atoms with Crippen LogP contribution in [0.25, 0.3) is 5.69 Å². The fourth-order valence-corrected chi connectivity index (χ4v) is 5.43. The summed E-state index contributed by atoms with van der Waals surface area (Å²) in [5.74, 6) is -4.23. The Hall–Kier alpha value is -5.51. The molecular weight excluding hydrogens is 604 g/mol. The highest BCUT2D eigenvalue weighted by Crippen LogP contribution is 2.44. The van der Waals surface area contributed by atoms with E-state index >= 15 is 0 Å². The van der Waals surface area contributed by atoms with Crippen LogP contribution in [0.5, 0.6) is 0 Å². The number of benzene rings is 3. The smallest absolute Gasteiger partial charge is 0.349 e. The molecule has 4 aromatic rings. The molecule has 1 aromatic heterocycles. The Labute approximate surface area is 261 Å². The number of aromatic nitrogens is 2. The van der Waals surface area contributed by atoms with Gasteiger partial charge in [-0.15, -0.1) is 0 Å². The van der Waals surface area contributed by atoms with Crippen molar-refractivity contribution in [3.05, 3.63) is 113 Å². The van der Waals surface area contributed by atoms with Crippen molar-refractivity contribution in [2.24, 2.45) is 5.92 Å². The molecule has 3 aromatic carbocycles. The molecule has 5 rings (SSSR count). The summed E-state index contributed by atoms with van der Waals surface area (Å²) in [6.07, 6.45) is -4.70. The van der Waals surface area contributed by atoms with E-state index in [1.165, 1.54) is 46.8 Å². The Kier molecular flexibility index (Phi) is 8.91. The molecule has 2 heterocycles. The number of fused-ring (bicyclic) bond motifs is 1. The Bertz CT molecular complexity index is 1820. The summed E-state index contributed by atoms with van der Waals surface area (Å²) in [4.78, 5) is 41.8. The van der Waals surface area contributed by atoms with Gasteiger partial charge in [0.2, 0.25) is 5.91 Å². The molecule has 0 bridgehead atoms. The lowest BCUT2D eigenvalue weighted by Crippen LogP contribution is -2.55. The third-order valence-electron chi connectivity index (χ3n) is 7.71. The van der Waals surface area contributed by atoms with Crippen LogP contribution < -0.4 is 15.5 Å². The number of likely N-dealkylation sites (N-methyl/N-ethyl adjacent to an activating group) is 1. The topological polar surface area (TPSA) is 120 Å². The normalized spacial score (nSPS) is 16.7. The van der Waals surface area contributed by atoms with Gasteiger partial charge in [-0.1, -0.05) is 36.4 Å². The second kappa shape index (κ2) is 12.8. The minimum absolute atomic E-state index is 0.119. The van der Waals surface area contributed by atoms with Crippen molar-refractivity contribution in [2.45, 2.75) is 38.5 Å². The number of nitrogens with one attached hydrogen (secondary N) is 2. The van der Waals surface area contributed by atoms with Crippen molar-refractivity contribution in [2.75, 3.05) is 11.4 Å². The van der Waals surface area contributed by atoms with Gasteiger partial charge < -0.3 is 10.6 Å². The average Bonchev–Trinajstić information content (AvgIpc) is 3.43. The molecule has 236 valence electrons. The van der Waals surface area contributed by atoms with Crippen molar-refractivity contribution in [1.29, 1.82) is 5.26 Å². The van der Waals surface area contributed by atoms with Crippen LogP contribution in [-0.4, -0.2) is 40.1 Å². The second-order valence-corrected chi connectivity index (χ2v) is 10.6. The number of amides is 3. The Morgan fingerprint density at radius 1 is 1.04 bits per heavy atom. The predicted molar refractivity (Wildman–Crippen MR) is 159 cm³/mol. The number of nitriles is 1. The maximum Gasteiger partial charge on any atom is 0.416 e. The number of hydrogen-bond donors (Lipinski definition) is 2. The number of alkyl halides is 3. The monoisotopic (exact) mass is 632 g/mol. The van der Waals surface area contributed by atoms with E-state index in [1.807, 2.05) is 6.07 Å². The molecule has 0 radical (unpaired) electrons. The summed E-state index contributed by atoms with van der Waals surface area (Å²) in [5.41, 5.74) is 0.375. The van der Waals surface area contributed by atoms with E-state index in [9.17, 15) is 37.2 Å². The standard InChI is InChI=1S/C33H28F4N6O3/c1-3-42-31-27(25(18-39-29(44)19(2)17-38)41-43(31)24-10-5-4-6-11-24)26(20-12-14-23(34)15-13-20)28(32(42)46)40-30(45)21-8-7-9-22(16-21)33(35,36)37/h4-16,19,26,28H,3,18H2,1-2H3,(H,39,44)(H,40,45)/t19?,26-,28+/m1/s1. The van der Waals surface area contributed by atoms with E-state index in [-0.39, 0.29) is 18.7 Å². The molecule has 13 heteroatoms. The minimum atomic E-state index is -4.70. The van der Waals surface area contributed by atoms with Crippen LogP contribution in [-0.2, 0) is 22.3 Å². The fraction of sp³-hybridized carbons (Fsp3) is 0.242. The van der Waals surface area contributed by atoms with Crippen LogP contribution in [0.1, 0.15) is 52.5 Å². The van der Waals surface area contributed by atoms with Crippen LogP contribution in [0.3, 0.4) is 0 Å². The number of rotatable bonds is 8. The molecule has 46 heavy (non-hydrogen) atoms. The van der Waals surface area contributed by atoms with Gasteiger partial charge in [-0.3, -0.25) is 19.3 Å². The van der Waals surface area contributed by atoms with Gasteiger partial charge in [0.15, 0.2) is 0 Å². The predicted octanol–water partition coefficient (Wildman–Crippen LogP) is 5.10. The molecule has 1 unspecified atom stereocenters. The van der Waals surface area contributed by atoms with Gasteiger partial charge in [-0.2, -0.15) is 23.5 Å². The van der Waals surface area contributed by atoms with Gasteiger partial charge in [-0.25, -0.2) is 9.07 Å². The van der Waals surface area contributed by atoms with E-state index in [1.54, 1.807) is 37.3 Å². The third-order valence-corrected chi connectivity index (χ3v) is 7.71. The van der Waals surface area contributed by atoms with Crippen molar-refractivity contribution in [1.82, 2.24) is 20.4 Å². The molecular formula is C33H28F4N6O3. The molecule has 3 amide bonds. The first-order chi connectivity index (χ1) is 21.9. The van der Waals surface area contributed by atoms with Gasteiger partial charge >= 0.3 is 6.18 Å². The van der Waals surface area contributed by atoms with E-state index < -0.39 is 53.2 Å². The molecule has 9 nitrogen and oxygen atoms in total. The molecule has 2 N–H and O–H groups in total. The summed E-state index contributed by atoms with van der Waals surface area (Å²) in [7, 11) is 0. The fourth-order valence-electron chi connectivity index (χ4n) is 5.43. The van der Waals surface area contributed by atoms with Crippen molar-refractivity contribution < 1.29 is 31.9 Å². The first-order valence-electron chi connectivity index (χ1n) is 14.3. The Balaban J connectivity index is 1.69. The molecule has 3 atom stereocenters. The van der Waals surface area contributed by atoms with E-state index in [4.69, 9.17) is 5.10 Å². The highest BCUT2D eigenvalue weighted by atomic mass is 19.4. The zero-order valence-electron chi connectivity index (χ0n) is 24.7. The zero-order chi connectivity index (χ0) is 33.2. The molecule has 0 aliphatic carbocycles. The summed E-state index contributed by atoms with van der Waals surface area (Å²) >= 11 is 0. The molecule has 0 spiro atoms. The summed E-state index contributed by atoms with van der Waals surface area (Å²) in [6, 6.07) is 18.5. The van der Waals surface area contributed by atoms with Gasteiger partial charge in [0.1, 0.15) is 23.6 Å². The van der Waals surface area contributed by atoms with Crippen LogP contribution >= 0.6 is 0 Å². The minimum Gasteiger partial charge on any atom is -0.349 e. The first-order valence-corrected chi connectivity index (χ1v) is 14.3. The zero-order valence-corrected chi connectivity index (χ0v) is 24.7. The van der Waals surface area contributed by atoms with Crippen LogP contribution in [0.4, 0.5) is 23.4 Å². The number of nitrogens with zero attached hydrogens (tertiary/aromatic N) is 4. The highest BCUT2D eigenvalue weighted by Gasteiger charge is 2.46. The van der Waals surface area contributed by atoms with Gasteiger partial charge in [-0.05, 0) is 61.9 Å². The van der Waals surface area contributed by atoms with E-state index in [0.717, 1.165) is 12.1 Å². The average molecular weight is 633 g/mol. The largest absolute Gasteiger partial charge is 0.416 e. The number of para-hydroxylation sites is 1. The summed E-state index contributed by atoms with van der Waals surface area (Å²) in [6.45, 7) is 3.11. The first kappa shape index (κ1) is 31.9. The van der Waals surface area contributed by atoms with E-state index in [0.29, 0.717) is 34.4 Å². The maximum atomic E-state index is 14.3. The van der Waals surface area contributed by atoms with Gasteiger partial charge in [0.25, 0.3) is 11.8 Å². The lowest BCUT2D eigenvalue weighted by Gasteiger charge is -2.38. The van der Waals surface area contributed by atoms with Gasteiger partial charge in [0.05, 0.1) is 29.6 Å². The Morgan fingerprint density at radius 3 is 2.37 bits per heavy atom. The van der Waals surface area contributed by atoms with Crippen LogP contribution in [0, 0.1) is 23.1 Å². The molecule has 1 aliphatic heterocycles. The highest BCUT2D eigenvalue weighted by molar-refractivity contribution is 6.05.